The molecule has 0 amide bonds. The van der Waals surface area contributed by atoms with Crippen molar-refractivity contribution in [1.29, 1.82) is 0 Å². The van der Waals surface area contributed by atoms with Gasteiger partial charge < -0.3 is 9.47 Å². The molecule has 0 aliphatic carbocycles. The SMILES string of the molecule is CCn1ccnc1CC(=O)CCN(C)C. The Kier molecular flexibility index (Phi) is 4.49. The van der Waals surface area contributed by atoms with E-state index in [1.165, 1.54) is 0 Å². The van der Waals surface area contributed by atoms with Gasteiger partial charge in [0.15, 0.2) is 0 Å². The van der Waals surface area contributed by atoms with Crippen LogP contribution in [0.5, 0.6) is 0 Å². The van der Waals surface area contributed by atoms with Crippen LogP contribution in [0.2, 0.25) is 0 Å². The van der Waals surface area contributed by atoms with Gasteiger partial charge in [0.2, 0.25) is 0 Å². The quantitative estimate of drug-likeness (QED) is 0.700. The Balaban J connectivity index is 2.44. The van der Waals surface area contributed by atoms with Crippen molar-refractivity contribution in [1.82, 2.24) is 14.5 Å². The van der Waals surface area contributed by atoms with Gasteiger partial charge >= 0.3 is 0 Å². The molecule has 0 N–H and O–H groups in total. The van der Waals surface area contributed by atoms with Gasteiger partial charge in [0.1, 0.15) is 11.6 Å². The maximum atomic E-state index is 11.6. The molecule has 1 aromatic rings. The predicted octanol–water partition coefficient (Wildman–Crippen LogP) is 0.966. The van der Waals surface area contributed by atoms with Crippen molar-refractivity contribution >= 4 is 5.78 Å². The third kappa shape index (κ3) is 3.83. The van der Waals surface area contributed by atoms with Crippen LogP contribution in [0.25, 0.3) is 0 Å². The molecular weight excluding hydrogens is 190 g/mol. The summed E-state index contributed by atoms with van der Waals surface area (Å²) < 4.78 is 2.01. The van der Waals surface area contributed by atoms with Gasteiger partial charge in [0.25, 0.3) is 0 Å². The number of Topliss-reactive ketones (excluding diaryl/α,β-unsaturated/α-hetero) is 1. The lowest BCUT2D eigenvalue weighted by Gasteiger charge is -2.08. The second-order valence-corrected chi connectivity index (χ2v) is 3.90. The summed E-state index contributed by atoms with van der Waals surface area (Å²) in [5, 5.41) is 0. The third-order valence-electron chi connectivity index (χ3n) is 2.34. The minimum atomic E-state index is 0.254. The van der Waals surface area contributed by atoms with E-state index >= 15 is 0 Å². The number of ketones is 1. The molecule has 84 valence electrons. The third-order valence-corrected chi connectivity index (χ3v) is 2.34. The summed E-state index contributed by atoms with van der Waals surface area (Å²) in [6.07, 6.45) is 4.71. The number of nitrogens with zero attached hydrogens (tertiary/aromatic N) is 3. The van der Waals surface area contributed by atoms with Crippen LogP contribution in [0.1, 0.15) is 19.2 Å². The molecule has 0 fully saturated rings. The lowest BCUT2D eigenvalue weighted by atomic mass is 10.2. The Hall–Kier alpha value is -1.16. The van der Waals surface area contributed by atoms with Crippen LogP contribution < -0.4 is 0 Å². The van der Waals surface area contributed by atoms with Crippen LogP contribution in [0.15, 0.2) is 12.4 Å². The molecule has 0 radical (unpaired) electrons. The van der Waals surface area contributed by atoms with Gasteiger partial charge in [0, 0.05) is 31.9 Å². The van der Waals surface area contributed by atoms with Crippen molar-refractivity contribution in [2.45, 2.75) is 26.3 Å². The van der Waals surface area contributed by atoms with Crippen LogP contribution in [0.4, 0.5) is 0 Å². The fraction of sp³-hybridized carbons (Fsp3) is 0.636. The zero-order chi connectivity index (χ0) is 11.3. The smallest absolute Gasteiger partial charge is 0.141 e. The maximum Gasteiger partial charge on any atom is 0.141 e. The van der Waals surface area contributed by atoms with Crippen molar-refractivity contribution < 1.29 is 4.79 Å². The minimum Gasteiger partial charge on any atom is -0.335 e. The second kappa shape index (κ2) is 5.66. The Morgan fingerprint density at radius 1 is 1.53 bits per heavy atom. The zero-order valence-corrected chi connectivity index (χ0v) is 9.73. The van der Waals surface area contributed by atoms with Gasteiger partial charge in [-0.1, -0.05) is 0 Å². The molecule has 0 aliphatic heterocycles. The lowest BCUT2D eigenvalue weighted by molar-refractivity contribution is -0.118. The fourth-order valence-corrected chi connectivity index (χ4v) is 1.41. The summed E-state index contributed by atoms with van der Waals surface area (Å²) in [5.41, 5.74) is 0. The number of carbonyl (C=O) groups excluding carboxylic acids is 1. The van der Waals surface area contributed by atoms with Crippen LogP contribution >= 0.6 is 0 Å². The summed E-state index contributed by atoms with van der Waals surface area (Å²) in [6, 6.07) is 0. The number of rotatable bonds is 6. The highest BCUT2D eigenvalue weighted by Crippen LogP contribution is 2.01. The molecule has 0 saturated heterocycles. The highest BCUT2D eigenvalue weighted by Gasteiger charge is 2.08. The first kappa shape index (κ1) is 11.9. The van der Waals surface area contributed by atoms with Gasteiger partial charge in [-0.3, -0.25) is 4.79 Å². The first-order valence-corrected chi connectivity index (χ1v) is 5.30. The van der Waals surface area contributed by atoms with E-state index in [9.17, 15) is 4.79 Å². The van der Waals surface area contributed by atoms with E-state index in [4.69, 9.17) is 0 Å². The number of carbonyl (C=O) groups is 1. The average molecular weight is 209 g/mol. The Labute approximate surface area is 90.9 Å². The van der Waals surface area contributed by atoms with E-state index in [0.29, 0.717) is 12.8 Å². The molecule has 0 saturated carbocycles. The van der Waals surface area contributed by atoms with E-state index in [-0.39, 0.29) is 5.78 Å². The molecule has 4 nitrogen and oxygen atoms in total. The molecule has 0 aromatic carbocycles. The minimum absolute atomic E-state index is 0.254. The average Bonchev–Trinajstić information content (AvgIpc) is 2.62. The van der Waals surface area contributed by atoms with Crippen molar-refractivity contribution in [2.75, 3.05) is 20.6 Å². The molecule has 0 unspecified atom stereocenters. The molecule has 0 bridgehead atoms. The zero-order valence-electron chi connectivity index (χ0n) is 9.73. The molecule has 1 aromatic heterocycles. The summed E-state index contributed by atoms with van der Waals surface area (Å²) >= 11 is 0. The van der Waals surface area contributed by atoms with E-state index < -0.39 is 0 Å². The van der Waals surface area contributed by atoms with Gasteiger partial charge in [-0.05, 0) is 21.0 Å². The van der Waals surface area contributed by atoms with Gasteiger partial charge in [-0.2, -0.15) is 0 Å². The summed E-state index contributed by atoms with van der Waals surface area (Å²) in [5.74, 6) is 1.13. The number of hydrogen-bond acceptors (Lipinski definition) is 3. The van der Waals surface area contributed by atoms with Crippen molar-refractivity contribution in [2.24, 2.45) is 0 Å². The summed E-state index contributed by atoms with van der Waals surface area (Å²) in [6.45, 7) is 3.73. The van der Waals surface area contributed by atoms with Crippen LogP contribution in [-0.2, 0) is 17.8 Å². The van der Waals surface area contributed by atoms with Crippen LogP contribution in [0, 0.1) is 0 Å². The molecule has 1 heterocycles. The first-order valence-electron chi connectivity index (χ1n) is 5.30. The highest BCUT2D eigenvalue weighted by molar-refractivity contribution is 5.80. The second-order valence-electron chi connectivity index (χ2n) is 3.90. The predicted molar refractivity (Wildman–Crippen MR) is 59.8 cm³/mol. The van der Waals surface area contributed by atoms with Gasteiger partial charge in [-0.25, -0.2) is 4.98 Å². The van der Waals surface area contributed by atoms with Crippen molar-refractivity contribution in [3.63, 3.8) is 0 Å². The van der Waals surface area contributed by atoms with E-state index in [1.807, 2.05) is 29.8 Å². The number of aryl methyl sites for hydroxylation is 1. The summed E-state index contributed by atoms with van der Waals surface area (Å²) in [4.78, 5) is 17.8. The molecule has 15 heavy (non-hydrogen) atoms. The number of aromatic nitrogens is 2. The van der Waals surface area contributed by atoms with Crippen LogP contribution in [-0.4, -0.2) is 40.9 Å². The maximum absolute atomic E-state index is 11.6. The van der Waals surface area contributed by atoms with E-state index in [2.05, 4.69) is 11.9 Å². The molecule has 4 heteroatoms. The molecule has 1 rings (SSSR count). The number of imidazole rings is 1. The monoisotopic (exact) mass is 209 g/mol. The molecule has 0 spiro atoms. The fourth-order valence-electron chi connectivity index (χ4n) is 1.41. The Morgan fingerprint density at radius 2 is 2.27 bits per heavy atom. The lowest BCUT2D eigenvalue weighted by Crippen LogP contribution is -2.18. The normalized spacial score (nSPS) is 10.9. The Bertz CT molecular complexity index is 317. The summed E-state index contributed by atoms with van der Waals surface area (Å²) in [7, 11) is 3.94. The molecule has 0 atom stereocenters. The molecular formula is C11H19N3O. The largest absolute Gasteiger partial charge is 0.335 e. The Morgan fingerprint density at radius 3 is 2.87 bits per heavy atom. The van der Waals surface area contributed by atoms with E-state index in [1.54, 1.807) is 6.20 Å². The van der Waals surface area contributed by atoms with Crippen molar-refractivity contribution in [3.8, 4) is 0 Å². The van der Waals surface area contributed by atoms with Crippen LogP contribution in [0.3, 0.4) is 0 Å². The first-order chi connectivity index (χ1) is 7.13. The van der Waals surface area contributed by atoms with Gasteiger partial charge in [-0.15, -0.1) is 0 Å². The van der Waals surface area contributed by atoms with Crippen molar-refractivity contribution in [3.05, 3.63) is 18.2 Å². The van der Waals surface area contributed by atoms with Gasteiger partial charge in [0.05, 0.1) is 6.42 Å². The number of hydrogen-bond donors (Lipinski definition) is 0. The standard InChI is InChI=1S/C11H19N3O/c1-4-14-8-6-12-11(14)9-10(15)5-7-13(2)3/h6,8H,4-5,7,9H2,1-3H3. The van der Waals surface area contributed by atoms with E-state index in [0.717, 1.165) is 18.9 Å². The highest BCUT2D eigenvalue weighted by atomic mass is 16.1. The molecule has 0 aliphatic rings. The topological polar surface area (TPSA) is 38.1 Å².